The van der Waals surface area contributed by atoms with Crippen LogP contribution in [0.3, 0.4) is 0 Å². The minimum Gasteiger partial charge on any atom is -0.332 e. The minimum absolute atomic E-state index is 0.0339. The summed E-state index contributed by atoms with van der Waals surface area (Å²) in [5, 5.41) is -0.429. The van der Waals surface area contributed by atoms with Gasteiger partial charge >= 0.3 is 6.18 Å². The number of benzene rings is 1. The van der Waals surface area contributed by atoms with Crippen LogP contribution >= 0.6 is 0 Å². The summed E-state index contributed by atoms with van der Waals surface area (Å²) < 4.78 is 97.7. The molecular weight excluding hydrogens is 489 g/mol. The fourth-order valence-corrected chi connectivity index (χ4v) is 5.61. The van der Waals surface area contributed by atoms with Gasteiger partial charge in [-0.2, -0.15) is 13.2 Å². The van der Waals surface area contributed by atoms with E-state index in [4.69, 9.17) is 0 Å². The summed E-state index contributed by atoms with van der Waals surface area (Å²) in [6, 6.07) is 5.98. The highest BCUT2D eigenvalue weighted by molar-refractivity contribution is 7.90. The third-order valence-corrected chi connectivity index (χ3v) is 7.68. The molecule has 0 radical (unpaired) electrons. The molecule has 1 aliphatic rings. The SMILES string of the molecule is CC(C)(C)Cn1cc(C(NS(=O)(=O)C2CC2)C(F)F)c2ccc(-c3ccccc3C(F)(F)F)nc21. The number of pyridine rings is 1. The Bertz CT molecular complexity index is 1340. The lowest BCUT2D eigenvalue weighted by Crippen LogP contribution is -2.35. The second-order valence-electron chi connectivity index (χ2n) is 10.1. The number of hydrogen-bond donors (Lipinski definition) is 1. The zero-order valence-electron chi connectivity index (χ0n) is 19.4. The standard InChI is InChI=1S/C24H26F5N3O2S/c1-23(2,3)13-32-12-17(20(21(25)26)31-35(33,34)14-8-9-14)15-10-11-19(30-22(15)32)16-6-4-5-7-18(16)24(27,28)29/h4-7,10-12,14,20-21,31H,8-9,13H2,1-3H3. The van der Waals surface area contributed by atoms with Crippen LogP contribution in [-0.4, -0.2) is 29.6 Å². The molecule has 1 unspecified atom stereocenters. The van der Waals surface area contributed by atoms with Gasteiger partial charge in [-0.05, 0) is 36.5 Å². The summed E-state index contributed by atoms with van der Waals surface area (Å²) >= 11 is 0. The maximum Gasteiger partial charge on any atom is 0.417 e. The second kappa shape index (κ2) is 8.85. The fraction of sp³-hybridized carbons (Fsp3) is 0.458. The molecule has 3 aromatic rings. The molecule has 190 valence electrons. The van der Waals surface area contributed by atoms with E-state index in [0.29, 0.717) is 19.4 Å². The van der Waals surface area contributed by atoms with Crippen molar-refractivity contribution in [2.45, 2.75) is 64.1 Å². The molecule has 35 heavy (non-hydrogen) atoms. The predicted octanol–water partition coefficient (Wildman–Crippen LogP) is 6.16. The van der Waals surface area contributed by atoms with E-state index >= 15 is 0 Å². The lowest BCUT2D eigenvalue weighted by Gasteiger charge is -2.20. The molecule has 0 aliphatic heterocycles. The number of hydrogen-bond acceptors (Lipinski definition) is 3. The Morgan fingerprint density at radius 1 is 1.09 bits per heavy atom. The zero-order valence-corrected chi connectivity index (χ0v) is 20.2. The van der Waals surface area contributed by atoms with Crippen LogP contribution < -0.4 is 4.72 Å². The van der Waals surface area contributed by atoms with Gasteiger partial charge in [0.25, 0.3) is 6.43 Å². The summed E-state index contributed by atoms with van der Waals surface area (Å²) in [7, 11) is -3.93. The van der Waals surface area contributed by atoms with Crippen molar-refractivity contribution in [2.24, 2.45) is 5.41 Å². The van der Waals surface area contributed by atoms with Crippen LogP contribution in [0.15, 0.2) is 42.6 Å². The molecule has 1 aromatic carbocycles. The fourth-order valence-electron chi connectivity index (χ4n) is 4.08. The number of alkyl halides is 5. The molecule has 5 nitrogen and oxygen atoms in total. The van der Waals surface area contributed by atoms with Crippen LogP contribution in [0.25, 0.3) is 22.3 Å². The molecule has 0 saturated heterocycles. The van der Waals surface area contributed by atoms with Crippen LogP contribution in [0, 0.1) is 5.41 Å². The zero-order chi connectivity index (χ0) is 25.8. The molecule has 4 rings (SSSR count). The van der Waals surface area contributed by atoms with E-state index < -0.39 is 39.5 Å². The van der Waals surface area contributed by atoms with Crippen LogP contribution in [0.1, 0.15) is 50.8 Å². The summed E-state index contributed by atoms with van der Waals surface area (Å²) in [6.07, 6.45) is -5.38. The van der Waals surface area contributed by atoms with Gasteiger partial charge in [-0.1, -0.05) is 39.0 Å². The summed E-state index contributed by atoms with van der Waals surface area (Å²) in [5.74, 6) is 0. The van der Waals surface area contributed by atoms with E-state index in [2.05, 4.69) is 9.71 Å². The normalized spacial score (nSPS) is 16.3. The van der Waals surface area contributed by atoms with Crippen LogP contribution in [0.4, 0.5) is 22.0 Å². The highest BCUT2D eigenvalue weighted by Crippen LogP contribution is 2.39. The van der Waals surface area contributed by atoms with E-state index in [0.717, 1.165) is 6.07 Å². The molecule has 1 atom stereocenters. The first-order chi connectivity index (χ1) is 16.2. The summed E-state index contributed by atoms with van der Waals surface area (Å²) in [4.78, 5) is 4.45. The highest BCUT2D eigenvalue weighted by Gasteiger charge is 2.40. The number of halogens is 5. The molecular formula is C24H26F5N3O2S. The van der Waals surface area contributed by atoms with Crippen molar-refractivity contribution in [1.82, 2.24) is 14.3 Å². The Morgan fingerprint density at radius 2 is 1.74 bits per heavy atom. The quantitative estimate of drug-likeness (QED) is 0.384. The van der Waals surface area contributed by atoms with Crippen molar-refractivity contribution in [3.63, 3.8) is 0 Å². The average molecular weight is 516 g/mol. The van der Waals surface area contributed by atoms with Gasteiger partial charge in [-0.25, -0.2) is 26.9 Å². The van der Waals surface area contributed by atoms with Gasteiger partial charge in [0, 0.05) is 29.3 Å². The van der Waals surface area contributed by atoms with Gasteiger partial charge in [-0.15, -0.1) is 0 Å². The topological polar surface area (TPSA) is 64.0 Å². The summed E-state index contributed by atoms with van der Waals surface area (Å²) in [5.41, 5.74) is -1.03. The molecule has 0 amide bonds. The summed E-state index contributed by atoms with van der Waals surface area (Å²) in [6.45, 7) is 6.08. The van der Waals surface area contributed by atoms with Crippen LogP contribution in [-0.2, 0) is 22.7 Å². The van der Waals surface area contributed by atoms with Crippen molar-refractivity contribution in [3.8, 4) is 11.3 Å². The molecule has 2 heterocycles. The van der Waals surface area contributed by atoms with Gasteiger partial charge in [0.15, 0.2) is 0 Å². The van der Waals surface area contributed by atoms with E-state index in [1.54, 1.807) is 4.57 Å². The van der Waals surface area contributed by atoms with Gasteiger partial charge in [0.2, 0.25) is 10.0 Å². The Hall–Kier alpha value is -2.53. The number of rotatable bonds is 7. The minimum atomic E-state index is -4.60. The maximum atomic E-state index is 14.1. The predicted molar refractivity (Wildman–Crippen MR) is 123 cm³/mol. The number of nitrogens with zero attached hydrogens (tertiary/aromatic N) is 2. The Kier molecular flexibility index (Phi) is 6.46. The third kappa shape index (κ3) is 5.50. The van der Waals surface area contributed by atoms with E-state index in [1.165, 1.54) is 36.5 Å². The highest BCUT2D eigenvalue weighted by atomic mass is 32.2. The first-order valence-corrected chi connectivity index (χ1v) is 12.7. The number of nitrogens with one attached hydrogen (secondary N) is 1. The van der Waals surface area contributed by atoms with Crippen LogP contribution in [0.5, 0.6) is 0 Å². The van der Waals surface area contributed by atoms with Gasteiger partial charge in [0.05, 0.1) is 16.5 Å². The monoisotopic (exact) mass is 515 g/mol. The molecule has 0 bridgehead atoms. The van der Waals surface area contributed by atoms with Gasteiger partial charge in [-0.3, -0.25) is 0 Å². The van der Waals surface area contributed by atoms with E-state index in [-0.39, 0.29) is 33.3 Å². The molecule has 0 spiro atoms. The van der Waals surface area contributed by atoms with Crippen LogP contribution in [0.2, 0.25) is 0 Å². The molecule has 2 aromatic heterocycles. The molecule has 1 aliphatic carbocycles. The third-order valence-electron chi connectivity index (χ3n) is 5.75. The van der Waals surface area contributed by atoms with Crippen molar-refractivity contribution in [2.75, 3.05) is 0 Å². The van der Waals surface area contributed by atoms with Crippen molar-refractivity contribution < 1.29 is 30.4 Å². The number of fused-ring (bicyclic) bond motifs is 1. The molecule has 1 saturated carbocycles. The van der Waals surface area contributed by atoms with Crippen molar-refractivity contribution >= 4 is 21.1 Å². The van der Waals surface area contributed by atoms with Gasteiger partial charge in [0.1, 0.15) is 11.7 Å². The van der Waals surface area contributed by atoms with E-state index in [9.17, 15) is 30.4 Å². The molecule has 1 N–H and O–H groups in total. The molecule has 11 heteroatoms. The number of sulfonamides is 1. The molecule has 1 fully saturated rings. The first-order valence-electron chi connectivity index (χ1n) is 11.1. The lowest BCUT2D eigenvalue weighted by molar-refractivity contribution is -0.137. The van der Waals surface area contributed by atoms with E-state index in [1.807, 2.05) is 20.8 Å². The first kappa shape index (κ1) is 25.6. The Morgan fingerprint density at radius 3 is 2.31 bits per heavy atom. The largest absolute Gasteiger partial charge is 0.417 e. The average Bonchev–Trinajstić information content (AvgIpc) is 3.55. The maximum absolute atomic E-state index is 14.1. The lowest BCUT2D eigenvalue weighted by atomic mass is 9.97. The van der Waals surface area contributed by atoms with Gasteiger partial charge < -0.3 is 4.57 Å². The Balaban J connectivity index is 1.88. The van der Waals surface area contributed by atoms with Crippen molar-refractivity contribution in [3.05, 3.63) is 53.7 Å². The second-order valence-corrected chi connectivity index (χ2v) is 12.1. The number of aromatic nitrogens is 2. The van der Waals surface area contributed by atoms with Crippen molar-refractivity contribution in [1.29, 1.82) is 0 Å². The smallest absolute Gasteiger partial charge is 0.332 e. The Labute approximate surface area is 200 Å².